The summed E-state index contributed by atoms with van der Waals surface area (Å²) in [4.78, 5) is 14.7. The summed E-state index contributed by atoms with van der Waals surface area (Å²) < 4.78 is 13.7. The topological polar surface area (TPSA) is 70.4 Å². The smallest absolute Gasteiger partial charge is 0.337 e. The Hall–Kier alpha value is -2.27. The zero-order chi connectivity index (χ0) is 13.1. The molecular weight excluding hydrogens is 237 g/mol. The van der Waals surface area contributed by atoms with Crippen LogP contribution in [0.3, 0.4) is 0 Å². The van der Waals surface area contributed by atoms with Crippen molar-refractivity contribution in [2.45, 2.75) is 6.10 Å². The number of aromatic nitrogens is 1. The second-order valence-electron chi connectivity index (χ2n) is 3.68. The summed E-state index contributed by atoms with van der Waals surface area (Å²) in [6.45, 7) is 0. The fourth-order valence-corrected chi connectivity index (χ4v) is 1.71. The third-order valence-electron chi connectivity index (χ3n) is 2.53. The molecule has 1 heterocycles. The van der Waals surface area contributed by atoms with Crippen molar-refractivity contribution in [2.75, 3.05) is 0 Å². The summed E-state index contributed by atoms with van der Waals surface area (Å²) in [5, 5.41) is 18.4. The van der Waals surface area contributed by atoms with E-state index in [2.05, 4.69) is 4.98 Å². The third kappa shape index (κ3) is 2.21. The lowest BCUT2D eigenvalue weighted by molar-refractivity contribution is -0.147. The first-order valence-corrected chi connectivity index (χ1v) is 5.21. The Kier molecular flexibility index (Phi) is 3.34. The molecular formula is C13H10FNO3. The van der Waals surface area contributed by atoms with Gasteiger partial charge in [-0.15, -0.1) is 0 Å². The summed E-state index contributed by atoms with van der Waals surface area (Å²) in [5.74, 6) is -2.25. The molecule has 1 aromatic carbocycles. The largest absolute Gasteiger partial charge is 0.479 e. The third-order valence-corrected chi connectivity index (χ3v) is 2.53. The molecule has 0 fully saturated rings. The van der Waals surface area contributed by atoms with Crippen LogP contribution in [0.1, 0.15) is 11.7 Å². The number of benzene rings is 1. The van der Waals surface area contributed by atoms with E-state index >= 15 is 0 Å². The molecule has 1 unspecified atom stereocenters. The van der Waals surface area contributed by atoms with Gasteiger partial charge in [-0.25, -0.2) is 9.18 Å². The van der Waals surface area contributed by atoms with E-state index in [1.165, 1.54) is 12.3 Å². The van der Waals surface area contributed by atoms with Crippen LogP contribution in [0.5, 0.6) is 0 Å². The molecule has 0 saturated carbocycles. The zero-order valence-electron chi connectivity index (χ0n) is 9.25. The van der Waals surface area contributed by atoms with E-state index in [0.29, 0.717) is 11.1 Å². The lowest BCUT2D eigenvalue weighted by atomic mass is 9.97. The Balaban J connectivity index is 2.62. The molecule has 92 valence electrons. The Morgan fingerprint density at radius 1 is 1.28 bits per heavy atom. The van der Waals surface area contributed by atoms with Crippen LogP contribution in [-0.4, -0.2) is 21.2 Å². The van der Waals surface area contributed by atoms with Crippen molar-refractivity contribution >= 4 is 5.97 Å². The minimum atomic E-state index is -1.90. The number of nitrogens with zero attached hydrogens (tertiary/aromatic N) is 1. The highest BCUT2D eigenvalue weighted by atomic mass is 19.1. The van der Waals surface area contributed by atoms with Gasteiger partial charge in [-0.05, 0) is 17.7 Å². The molecule has 18 heavy (non-hydrogen) atoms. The molecule has 0 aliphatic heterocycles. The molecule has 0 amide bonds. The average Bonchev–Trinajstić information content (AvgIpc) is 2.38. The lowest BCUT2D eigenvalue weighted by Crippen LogP contribution is -2.13. The molecule has 0 radical (unpaired) electrons. The van der Waals surface area contributed by atoms with Gasteiger partial charge >= 0.3 is 5.97 Å². The Morgan fingerprint density at radius 2 is 2.06 bits per heavy atom. The van der Waals surface area contributed by atoms with Gasteiger partial charge in [0.15, 0.2) is 6.10 Å². The van der Waals surface area contributed by atoms with Crippen LogP contribution in [0.25, 0.3) is 11.1 Å². The molecule has 0 aliphatic carbocycles. The fourth-order valence-electron chi connectivity index (χ4n) is 1.71. The van der Waals surface area contributed by atoms with Crippen LogP contribution in [-0.2, 0) is 4.79 Å². The normalized spacial score (nSPS) is 12.1. The van der Waals surface area contributed by atoms with Crippen LogP contribution in [0.2, 0.25) is 0 Å². The first-order chi connectivity index (χ1) is 8.61. The minimum absolute atomic E-state index is 0.252. The number of halogens is 1. The molecule has 4 nitrogen and oxygen atoms in total. The van der Waals surface area contributed by atoms with Gasteiger partial charge in [0.05, 0.1) is 0 Å². The second-order valence-corrected chi connectivity index (χ2v) is 3.68. The van der Waals surface area contributed by atoms with Crippen LogP contribution >= 0.6 is 0 Å². The van der Waals surface area contributed by atoms with E-state index in [0.717, 1.165) is 6.07 Å². The highest BCUT2D eigenvalue weighted by Crippen LogP contribution is 2.30. The predicted molar refractivity (Wildman–Crippen MR) is 62.2 cm³/mol. The number of hydrogen-bond donors (Lipinski definition) is 2. The van der Waals surface area contributed by atoms with Gasteiger partial charge in [-0.1, -0.05) is 18.2 Å². The number of carboxylic acids is 1. The Morgan fingerprint density at radius 3 is 2.67 bits per heavy atom. The van der Waals surface area contributed by atoms with E-state index in [1.54, 1.807) is 24.4 Å². The molecule has 2 N–H and O–H groups in total. The summed E-state index contributed by atoms with van der Waals surface area (Å²) in [6, 6.07) is 7.43. The van der Waals surface area contributed by atoms with Crippen molar-refractivity contribution < 1.29 is 19.4 Å². The SMILES string of the molecule is O=C(O)C(O)c1c(F)cccc1-c1cccnc1. The van der Waals surface area contributed by atoms with Crippen LogP contribution in [0, 0.1) is 5.82 Å². The number of aliphatic hydroxyl groups excluding tert-OH is 1. The van der Waals surface area contributed by atoms with Gasteiger partial charge < -0.3 is 10.2 Å². The summed E-state index contributed by atoms with van der Waals surface area (Å²) >= 11 is 0. The van der Waals surface area contributed by atoms with E-state index in [4.69, 9.17) is 5.11 Å². The maximum absolute atomic E-state index is 13.7. The second kappa shape index (κ2) is 4.93. The van der Waals surface area contributed by atoms with Crippen LogP contribution in [0.15, 0.2) is 42.7 Å². The maximum Gasteiger partial charge on any atom is 0.337 e. The fraction of sp³-hybridized carbons (Fsp3) is 0.0769. The lowest BCUT2D eigenvalue weighted by Gasteiger charge is -2.13. The molecule has 0 spiro atoms. The van der Waals surface area contributed by atoms with E-state index in [9.17, 15) is 14.3 Å². The number of aliphatic carboxylic acids is 1. The maximum atomic E-state index is 13.7. The molecule has 2 rings (SSSR count). The van der Waals surface area contributed by atoms with Crippen molar-refractivity contribution in [3.05, 3.63) is 54.1 Å². The molecule has 1 atom stereocenters. The molecule has 5 heteroatoms. The number of rotatable bonds is 3. The van der Waals surface area contributed by atoms with Crippen LogP contribution in [0.4, 0.5) is 4.39 Å². The molecule has 2 aromatic rings. The highest BCUT2D eigenvalue weighted by Gasteiger charge is 2.23. The molecule has 0 bridgehead atoms. The first kappa shape index (κ1) is 12.2. The summed E-state index contributed by atoms with van der Waals surface area (Å²) in [6.07, 6.45) is 1.13. The number of pyridine rings is 1. The van der Waals surface area contributed by atoms with Gasteiger partial charge in [0.1, 0.15) is 5.82 Å². The number of hydrogen-bond acceptors (Lipinski definition) is 3. The summed E-state index contributed by atoms with van der Waals surface area (Å²) in [7, 11) is 0. The standard InChI is InChI=1S/C13H10FNO3/c14-10-5-1-4-9(8-3-2-6-15-7-8)11(10)12(16)13(17)18/h1-7,12,16H,(H,17,18). The van der Waals surface area contributed by atoms with E-state index in [1.807, 2.05) is 0 Å². The summed E-state index contributed by atoms with van der Waals surface area (Å²) in [5.41, 5.74) is 0.614. The van der Waals surface area contributed by atoms with Crippen LogP contribution < -0.4 is 0 Å². The predicted octanol–water partition coefficient (Wildman–Crippen LogP) is 2.01. The Labute approximate surface area is 102 Å². The van der Waals surface area contributed by atoms with Crippen molar-refractivity contribution in [1.29, 1.82) is 0 Å². The average molecular weight is 247 g/mol. The molecule has 0 aliphatic rings. The first-order valence-electron chi connectivity index (χ1n) is 5.21. The molecule has 1 aromatic heterocycles. The zero-order valence-corrected chi connectivity index (χ0v) is 9.25. The monoisotopic (exact) mass is 247 g/mol. The number of carboxylic acid groups (broad SMARTS) is 1. The quantitative estimate of drug-likeness (QED) is 0.870. The van der Waals surface area contributed by atoms with Gasteiger partial charge in [0, 0.05) is 23.5 Å². The van der Waals surface area contributed by atoms with Gasteiger partial charge in [0.25, 0.3) is 0 Å². The van der Waals surface area contributed by atoms with Crippen molar-refractivity contribution in [3.63, 3.8) is 0 Å². The van der Waals surface area contributed by atoms with Gasteiger partial charge in [-0.3, -0.25) is 4.98 Å². The highest BCUT2D eigenvalue weighted by molar-refractivity contribution is 5.79. The number of aliphatic hydroxyl groups is 1. The van der Waals surface area contributed by atoms with Crippen molar-refractivity contribution in [3.8, 4) is 11.1 Å². The van der Waals surface area contributed by atoms with Gasteiger partial charge in [-0.2, -0.15) is 0 Å². The van der Waals surface area contributed by atoms with Crippen molar-refractivity contribution in [1.82, 2.24) is 4.98 Å². The Bertz CT molecular complexity index is 572. The van der Waals surface area contributed by atoms with E-state index < -0.39 is 17.9 Å². The minimum Gasteiger partial charge on any atom is -0.479 e. The van der Waals surface area contributed by atoms with E-state index in [-0.39, 0.29) is 5.56 Å². The number of carbonyl (C=O) groups is 1. The molecule has 0 saturated heterocycles. The van der Waals surface area contributed by atoms with Crippen molar-refractivity contribution in [2.24, 2.45) is 0 Å². The van der Waals surface area contributed by atoms with Gasteiger partial charge in [0.2, 0.25) is 0 Å².